The number of nitrogens with two attached hydrogens (primary N) is 1. The molecule has 0 heterocycles. The molecule has 1 amide bonds. The van der Waals surface area contributed by atoms with Crippen LogP contribution < -0.4 is 5.73 Å². The second-order valence-corrected chi connectivity index (χ2v) is 0.521. The van der Waals surface area contributed by atoms with E-state index in [2.05, 4.69) is 12.3 Å². The SMILES string of the molecule is C=CO.NC(=O)O. The van der Waals surface area contributed by atoms with E-state index in [0.717, 1.165) is 6.26 Å². The van der Waals surface area contributed by atoms with Crippen LogP contribution in [0.15, 0.2) is 12.8 Å². The average molecular weight is 105 g/mol. The monoisotopic (exact) mass is 105 g/mol. The maximum atomic E-state index is 8.78. The minimum Gasteiger partial charge on any atom is -0.516 e. The van der Waals surface area contributed by atoms with Gasteiger partial charge in [0, 0.05) is 0 Å². The van der Waals surface area contributed by atoms with E-state index in [1.807, 2.05) is 0 Å². The highest BCUT2D eigenvalue weighted by molar-refractivity contribution is 5.61. The summed E-state index contributed by atoms with van der Waals surface area (Å²) in [6.07, 6.45) is -0.583. The lowest BCUT2D eigenvalue weighted by molar-refractivity contribution is 0.205. The number of rotatable bonds is 0. The zero-order valence-corrected chi connectivity index (χ0v) is 3.66. The molecule has 0 fully saturated rings. The molecule has 4 heteroatoms. The maximum Gasteiger partial charge on any atom is 0.402 e. The molecule has 7 heavy (non-hydrogen) atoms. The first-order valence-corrected chi connectivity index (χ1v) is 1.38. The van der Waals surface area contributed by atoms with Crippen LogP contribution >= 0.6 is 0 Å². The summed E-state index contributed by atoms with van der Waals surface area (Å²) in [5, 5.41) is 14.5. The lowest BCUT2D eigenvalue weighted by Gasteiger charge is -1.61. The number of amides is 1. The van der Waals surface area contributed by atoms with Gasteiger partial charge in [0.25, 0.3) is 0 Å². The predicted octanol–water partition coefficient (Wildman–Crippen LogP) is 0.311. The van der Waals surface area contributed by atoms with Crippen LogP contribution in [-0.4, -0.2) is 16.3 Å². The number of carboxylic acid groups (broad SMARTS) is 1. The first-order chi connectivity index (χ1) is 3.15. The van der Waals surface area contributed by atoms with Crippen molar-refractivity contribution in [2.45, 2.75) is 0 Å². The summed E-state index contributed by atoms with van der Waals surface area (Å²) in [5.74, 6) is 0. The molecule has 0 atom stereocenters. The standard InChI is InChI=1S/C2H4O.CH3NO2/c1-2-3;2-1(3)4/h2-3H,1H2;2H2,(H,3,4). The Morgan fingerprint density at radius 2 is 1.86 bits per heavy atom. The lowest BCUT2D eigenvalue weighted by atomic mass is 11.2. The minimum atomic E-state index is -1.33. The third kappa shape index (κ3) is 26.8. The largest absolute Gasteiger partial charge is 0.516 e. The molecule has 0 aliphatic carbocycles. The van der Waals surface area contributed by atoms with Crippen LogP contribution in [0.4, 0.5) is 4.79 Å². The van der Waals surface area contributed by atoms with E-state index < -0.39 is 6.09 Å². The predicted molar refractivity (Wildman–Crippen MR) is 25.0 cm³/mol. The molecule has 4 nitrogen and oxygen atoms in total. The van der Waals surface area contributed by atoms with E-state index in [1.54, 1.807) is 0 Å². The fourth-order valence-electron chi connectivity index (χ4n) is 0. The normalized spacial score (nSPS) is 5.14. The van der Waals surface area contributed by atoms with Crippen molar-refractivity contribution in [3.8, 4) is 0 Å². The molecule has 0 aliphatic heterocycles. The summed E-state index contributed by atoms with van der Waals surface area (Å²) in [7, 11) is 0. The molecular formula is C3H7NO3. The van der Waals surface area contributed by atoms with Crippen molar-refractivity contribution in [3.05, 3.63) is 12.8 Å². The fraction of sp³-hybridized carbons (Fsp3) is 0. The van der Waals surface area contributed by atoms with Gasteiger partial charge in [-0.2, -0.15) is 0 Å². The van der Waals surface area contributed by atoms with Crippen LogP contribution in [0.1, 0.15) is 0 Å². The number of aliphatic hydroxyl groups is 1. The van der Waals surface area contributed by atoms with Crippen molar-refractivity contribution in [2.75, 3.05) is 0 Å². The third-order valence-electron chi connectivity index (χ3n) is 0. The number of primary amides is 1. The van der Waals surface area contributed by atoms with Crippen LogP contribution in [0.25, 0.3) is 0 Å². The van der Waals surface area contributed by atoms with Gasteiger partial charge >= 0.3 is 6.09 Å². The van der Waals surface area contributed by atoms with Crippen molar-refractivity contribution < 1.29 is 15.0 Å². The van der Waals surface area contributed by atoms with Gasteiger partial charge in [-0.1, -0.05) is 6.58 Å². The first kappa shape index (κ1) is 9.26. The highest BCUT2D eigenvalue weighted by atomic mass is 16.4. The van der Waals surface area contributed by atoms with E-state index in [1.165, 1.54) is 0 Å². The quantitative estimate of drug-likeness (QED) is 0.387. The molecule has 0 aliphatic rings. The number of hydrogen-bond donors (Lipinski definition) is 3. The minimum absolute atomic E-state index is 0.750. The molecule has 0 spiro atoms. The van der Waals surface area contributed by atoms with Gasteiger partial charge < -0.3 is 15.9 Å². The van der Waals surface area contributed by atoms with E-state index in [-0.39, 0.29) is 0 Å². The summed E-state index contributed by atoms with van der Waals surface area (Å²) in [4.78, 5) is 8.78. The fourth-order valence-corrected chi connectivity index (χ4v) is 0. The lowest BCUT2D eigenvalue weighted by Crippen LogP contribution is -2.03. The maximum absolute atomic E-state index is 8.78. The third-order valence-corrected chi connectivity index (χ3v) is 0. The summed E-state index contributed by atoms with van der Waals surface area (Å²) in [6, 6.07) is 0. The Hall–Kier alpha value is -1.19. The van der Waals surface area contributed by atoms with Gasteiger partial charge in [0.05, 0.1) is 6.26 Å². The molecule has 0 aromatic rings. The van der Waals surface area contributed by atoms with E-state index in [4.69, 9.17) is 15.0 Å². The number of hydrogen-bond acceptors (Lipinski definition) is 2. The Morgan fingerprint density at radius 3 is 1.86 bits per heavy atom. The molecule has 0 rings (SSSR count). The Kier molecular flexibility index (Phi) is 11.7. The smallest absolute Gasteiger partial charge is 0.402 e. The van der Waals surface area contributed by atoms with Gasteiger partial charge in [0.2, 0.25) is 0 Å². The van der Waals surface area contributed by atoms with E-state index >= 15 is 0 Å². The van der Waals surface area contributed by atoms with Gasteiger partial charge in [0.1, 0.15) is 0 Å². The van der Waals surface area contributed by atoms with Crippen molar-refractivity contribution >= 4 is 6.09 Å². The van der Waals surface area contributed by atoms with Crippen LogP contribution in [-0.2, 0) is 0 Å². The summed E-state index contributed by atoms with van der Waals surface area (Å²) < 4.78 is 0. The number of aliphatic hydroxyl groups excluding tert-OH is 1. The average Bonchev–Trinajstić information content (AvgIpc) is 1.33. The van der Waals surface area contributed by atoms with Crippen molar-refractivity contribution in [2.24, 2.45) is 5.73 Å². The Morgan fingerprint density at radius 1 is 1.86 bits per heavy atom. The van der Waals surface area contributed by atoms with Gasteiger partial charge in [0.15, 0.2) is 0 Å². The first-order valence-electron chi connectivity index (χ1n) is 1.38. The zero-order chi connectivity index (χ0) is 6.28. The summed E-state index contributed by atoms with van der Waals surface area (Å²) >= 11 is 0. The highest BCUT2D eigenvalue weighted by Crippen LogP contribution is 1.34. The zero-order valence-electron chi connectivity index (χ0n) is 3.66. The molecule has 0 bridgehead atoms. The molecule has 0 saturated carbocycles. The van der Waals surface area contributed by atoms with Crippen LogP contribution in [0.2, 0.25) is 0 Å². The van der Waals surface area contributed by atoms with E-state index in [9.17, 15) is 0 Å². The molecule has 0 saturated heterocycles. The summed E-state index contributed by atoms with van der Waals surface area (Å²) in [6.45, 7) is 2.92. The Balaban J connectivity index is 0. The second kappa shape index (κ2) is 8.84. The van der Waals surface area contributed by atoms with Crippen LogP contribution in [0.3, 0.4) is 0 Å². The second-order valence-electron chi connectivity index (χ2n) is 0.521. The Bertz CT molecular complexity index is 57.2. The molecule has 0 unspecified atom stereocenters. The van der Waals surface area contributed by atoms with Crippen molar-refractivity contribution in [3.63, 3.8) is 0 Å². The molecular weight excluding hydrogens is 98.0 g/mol. The molecule has 4 N–H and O–H groups in total. The van der Waals surface area contributed by atoms with Crippen LogP contribution in [0.5, 0.6) is 0 Å². The topological polar surface area (TPSA) is 83.5 Å². The highest BCUT2D eigenvalue weighted by Gasteiger charge is 1.65. The molecule has 42 valence electrons. The van der Waals surface area contributed by atoms with Crippen LogP contribution in [0, 0.1) is 0 Å². The molecule has 0 aromatic heterocycles. The molecule has 0 radical (unpaired) electrons. The number of carbonyl (C=O) groups is 1. The van der Waals surface area contributed by atoms with Crippen molar-refractivity contribution in [1.29, 1.82) is 0 Å². The van der Waals surface area contributed by atoms with Gasteiger partial charge in [-0.15, -0.1) is 0 Å². The summed E-state index contributed by atoms with van der Waals surface area (Å²) in [5.41, 5.74) is 4.03. The van der Waals surface area contributed by atoms with Crippen molar-refractivity contribution in [1.82, 2.24) is 0 Å². The molecule has 0 aromatic carbocycles. The van der Waals surface area contributed by atoms with Gasteiger partial charge in [-0.05, 0) is 0 Å². The van der Waals surface area contributed by atoms with E-state index in [0.29, 0.717) is 0 Å². The van der Waals surface area contributed by atoms with Gasteiger partial charge in [-0.3, -0.25) is 0 Å². The van der Waals surface area contributed by atoms with Gasteiger partial charge in [-0.25, -0.2) is 4.79 Å². The Labute approximate surface area is 40.9 Å².